The molecule has 0 saturated carbocycles. The van der Waals surface area contributed by atoms with Gasteiger partial charge in [-0.3, -0.25) is 0 Å². The third-order valence-corrected chi connectivity index (χ3v) is 2.04. The summed E-state index contributed by atoms with van der Waals surface area (Å²) in [5.74, 6) is 2.55. The second-order valence-corrected chi connectivity index (χ2v) is 3.05. The molecule has 0 radical (unpaired) electrons. The van der Waals surface area contributed by atoms with Crippen LogP contribution in [0.2, 0.25) is 0 Å². The first kappa shape index (κ1) is 10.8. The van der Waals surface area contributed by atoms with E-state index in [-0.39, 0.29) is 12.6 Å². The second-order valence-electron chi connectivity index (χ2n) is 3.05. The molecular weight excluding hydrogens is 174 g/mol. The molecule has 0 heterocycles. The number of rotatable bonds is 5. The van der Waals surface area contributed by atoms with Crippen molar-refractivity contribution in [3.63, 3.8) is 0 Å². The van der Waals surface area contributed by atoms with Crippen LogP contribution < -0.4 is 5.32 Å². The Hall–Kier alpha value is -1.30. The summed E-state index contributed by atoms with van der Waals surface area (Å²) in [6, 6.07) is 9.85. The van der Waals surface area contributed by atoms with Gasteiger partial charge in [0, 0.05) is 13.0 Å². The van der Waals surface area contributed by atoms with Crippen molar-refractivity contribution in [2.24, 2.45) is 0 Å². The molecule has 1 rings (SSSR count). The smallest absolute Gasteiger partial charge is 0.0626 e. The van der Waals surface area contributed by atoms with Crippen LogP contribution in [0.1, 0.15) is 18.0 Å². The van der Waals surface area contributed by atoms with Crippen molar-refractivity contribution in [2.75, 3.05) is 13.2 Å². The van der Waals surface area contributed by atoms with Gasteiger partial charge in [0.05, 0.1) is 12.6 Å². The van der Waals surface area contributed by atoms with Crippen molar-refractivity contribution in [2.45, 2.75) is 12.5 Å². The fourth-order valence-corrected chi connectivity index (χ4v) is 1.29. The Morgan fingerprint density at radius 1 is 1.36 bits per heavy atom. The summed E-state index contributed by atoms with van der Waals surface area (Å²) in [6.45, 7) is 0.825. The molecule has 0 aliphatic rings. The topological polar surface area (TPSA) is 32.3 Å². The van der Waals surface area contributed by atoms with Gasteiger partial charge in [0.15, 0.2) is 0 Å². The quantitative estimate of drug-likeness (QED) is 0.541. The Bertz CT molecular complexity index is 289. The molecule has 2 N–H and O–H groups in total. The first-order chi connectivity index (χ1) is 6.88. The van der Waals surface area contributed by atoms with Gasteiger partial charge in [-0.15, -0.1) is 12.3 Å². The summed E-state index contributed by atoms with van der Waals surface area (Å²) in [6.07, 6.45) is 5.83. The van der Waals surface area contributed by atoms with Crippen molar-refractivity contribution in [1.82, 2.24) is 5.32 Å². The Morgan fingerprint density at radius 3 is 2.64 bits per heavy atom. The summed E-state index contributed by atoms with van der Waals surface area (Å²) < 4.78 is 0. The lowest BCUT2D eigenvalue weighted by Gasteiger charge is -2.15. The summed E-state index contributed by atoms with van der Waals surface area (Å²) in [5, 5.41) is 12.4. The van der Waals surface area contributed by atoms with Crippen LogP contribution in [-0.2, 0) is 0 Å². The molecule has 1 aromatic rings. The SMILES string of the molecule is C#CCCNC(CO)c1ccccc1. The standard InChI is InChI=1S/C12H15NO/c1-2-3-9-13-12(10-14)11-7-5-4-6-8-11/h1,4-8,12-14H,3,9-10H2. The van der Waals surface area contributed by atoms with Crippen molar-refractivity contribution in [3.8, 4) is 12.3 Å². The minimum atomic E-state index is -0.00968. The van der Waals surface area contributed by atoms with Gasteiger partial charge in [-0.2, -0.15) is 0 Å². The Kier molecular flexibility index (Phi) is 4.77. The summed E-state index contributed by atoms with van der Waals surface area (Å²) >= 11 is 0. The van der Waals surface area contributed by atoms with E-state index in [1.54, 1.807) is 0 Å². The number of benzene rings is 1. The molecule has 0 aliphatic carbocycles. The molecule has 0 saturated heterocycles. The van der Waals surface area contributed by atoms with Crippen LogP contribution in [0, 0.1) is 12.3 Å². The number of hydrogen-bond acceptors (Lipinski definition) is 2. The van der Waals surface area contributed by atoms with Crippen LogP contribution in [0.15, 0.2) is 30.3 Å². The zero-order valence-electron chi connectivity index (χ0n) is 8.11. The monoisotopic (exact) mass is 189 g/mol. The lowest BCUT2D eigenvalue weighted by atomic mass is 10.1. The van der Waals surface area contributed by atoms with E-state index >= 15 is 0 Å². The minimum Gasteiger partial charge on any atom is -0.394 e. The molecule has 14 heavy (non-hydrogen) atoms. The molecule has 2 heteroatoms. The molecule has 0 aromatic heterocycles. The average molecular weight is 189 g/mol. The highest BCUT2D eigenvalue weighted by Gasteiger charge is 2.07. The molecule has 74 valence electrons. The molecule has 0 aliphatic heterocycles. The van der Waals surface area contributed by atoms with Crippen LogP contribution in [0.25, 0.3) is 0 Å². The van der Waals surface area contributed by atoms with E-state index in [1.165, 1.54) is 0 Å². The zero-order valence-corrected chi connectivity index (χ0v) is 8.11. The fraction of sp³-hybridized carbons (Fsp3) is 0.333. The van der Waals surface area contributed by atoms with Gasteiger partial charge in [0.2, 0.25) is 0 Å². The predicted octanol–water partition coefficient (Wildman–Crippen LogP) is 1.33. The van der Waals surface area contributed by atoms with Crippen molar-refractivity contribution < 1.29 is 5.11 Å². The molecule has 2 nitrogen and oxygen atoms in total. The molecule has 0 spiro atoms. The van der Waals surface area contributed by atoms with Crippen LogP contribution >= 0.6 is 0 Å². The minimum absolute atomic E-state index is 0.00968. The molecular formula is C12H15NO. The number of terminal acetylenes is 1. The van der Waals surface area contributed by atoms with Gasteiger partial charge in [-0.1, -0.05) is 30.3 Å². The number of hydrogen-bond donors (Lipinski definition) is 2. The normalized spacial score (nSPS) is 12.0. The number of nitrogens with one attached hydrogen (secondary N) is 1. The van der Waals surface area contributed by atoms with Crippen LogP contribution in [0.4, 0.5) is 0 Å². The number of aliphatic hydroxyl groups is 1. The molecule has 1 atom stereocenters. The van der Waals surface area contributed by atoms with Gasteiger partial charge in [0.25, 0.3) is 0 Å². The maximum Gasteiger partial charge on any atom is 0.0626 e. The van der Waals surface area contributed by atoms with E-state index in [1.807, 2.05) is 30.3 Å². The van der Waals surface area contributed by atoms with E-state index in [0.717, 1.165) is 12.1 Å². The van der Waals surface area contributed by atoms with Gasteiger partial charge in [0.1, 0.15) is 0 Å². The van der Waals surface area contributed by atoms with Crippen LogP contribution in [0.5, 0.6) is 0 Å². The highest BCUT2D eigenvalue weighted by atomic mass is 16.3. The molecule has 0 fully saturated rings. The lowest BCUT2D eigenvalue weighted by Crippen LogP contribution is -2.25. The predicted molar refractivity (Wildman–Crippen MR) is 57.7 cm³/mol. The lowest BCUT2D eigenvalue weighted by molar-refractivity contribution is 0.245. The zero-order chi connectivity index (χ0) is 10.2. The van der Waals surface area contributed by atoms with Crippen molar-refractivity contribution in [1.29, 1.82) is 0 Å². The molecule has 1 aromatic carbocycles. The van der Waals surface area contributed by atoms with E-state index in [2.05, 4.69) is 11.2 Å². The maximum absolute atomic E-state index is 9.16. The molecule has 1 unspecified atom stereocenters. The maximum atomic E-state index is 9.16. The fourth-order valence-electron chi connectivity index (χ4n) is 1.29. The summed E-state index contributed by atoms with van der Waals surface area (Å²) in [5.41, 5.74) is 1.09. The van der Waals surface area contributed by atoms with Crippen molar-refractivity contribution >= 4 is 0 Å². The summed E-state index contributed by atoms with van der Waals surface area (Å²) in [4.78, 5) is 0. The van der Waals surface area contributed by atoms with Crippen molar-refractivity contribution in [3.05, 3.63) is 35.9 Å². The van der Waals surface area contributed by atoms with Gasteiger partial charge in [-0.05, 0) is 5.56 Å². The molecule has 0 bridgehead atoms. The third-order valence-electron chi connectivity index (χ3n) is 2.04. The Balaban J connectivity index is 2.51. The van der Waals surface area contributed by atoms with E-state index in [4.69, 9.17) is 11.5 Å². The van der Waals surface area contributed by atoms with Crippen LogP contribution in [-0.4, -0.2) is 18.3 Å². The highest BCUT2D eigenvalue weighted by Crippen LogP contribution is 2.10. The molecule has 0 amide bonds. The summed E-state index contributed by atoms with van der Waals surface area (Å²) in [7, 11) is 0. The average Bonchev–Trinajstić information content (AvgIpc) is 2.26. The third kappa shape index (κ3) is 3.21. The largest absolute Gasteiger partial charge is 0.394 e. The Morgan fingerprint density at radius 2 is 2.07 bits per heavy atom. The number of aliphatic hydroxyl groups excluding tert-OH is 1. The second kappa shape index (κ2) is 6.20. The van der Waals surface area contributed by atoms with E-state index in [0.29, 0.717) is 6.42 Å². The van der Waals surface area contributed by atoms with Crippen LogP contribution in [0.3, 0.4) is 0 Å². The Labute approximate surface area is 85.0 Å². The van der Waals surface area contributed by atoms with Gasteiger partial charge in [-0.25, -0.2) is 0 Å². The first-order valence-electron chi connectivity index (χ1n) is 4.71. The van der Waals surface area contributed by atoms with Gasteiger partial charge < -0.3 is 10.4 Å². The van der Waals surface area contributed by atoms with Gasteiger partial charge >= 0.3 is 0 Å². The highest BCUT2D eigenvalue weighted by molar-refractivity contribution is 5.18. The van der Waals surface area contributed by atoms with E-state index in [9.17, 15) is 0 Å². The first-order valence-corrected chi connectivity index (χ1v) is 4.71. The van der Waals surface area contributed by atoms with E-state index < -0.39 is 0 Å².